The summed E-state index contributed by atoms with van der Waals surface area (Å²) in [6, 6.07) is 4.35. The second-order valence-corrected chi connectivity index (χ2v) is 5.80. The monoisotopic (exact) mass is 270 g/mol. The van der Waals surface area contributed by atoms with E-state index in [0.29, 0.717) is 11.9 Å². The minimum Gasteiger partial charge on any atom is -0.384 e. The van der Waals surface area contributed by atoms with Gasteiger partial charge in [-0.05, 0) is 37.8 Å². The third-order valence-corrected chi connectivity index (χ3v) is 4.52. The molecule has 1 atom stereocenters. The Labute approximate surface area is 120 Å². The van der Waals surface area contributed by atoms with Crippen LogP contribution in [0.15, 0.2) is 30.9 Å². The Morgan fingerprint density at radius 3 is 2.70 bits per heavy atom. The zero-order chi connectivity index (χ0) is 13.9. The quantitative estimate of drug-likeness (QED) is 0.925. The summed E-state index contributed by atoms with van der Waals surface area (Å²) in [6.45, 7) is 2.31. The second-order valence-electron chi connectivity index (χ2n) is 5.80. The van der Waals surface area contributed by atoms with Gasteiger partial charge in [0.1, 0.15) is 5.82 Å². The average molecular weight is 270 g/mol. The summed E-state index contributed by atoms with van der Waals surface area (Å²) >= 11 is 0. The highest BCUT2D eigenvalue weighted by atomic mass is 15.1. The molecule has 0 saturated heterocycles. The highest BCUT2D eigenvalue weighted by Crippen LogP contribution is 2.34. The van der Waals surface area contributed by atoms with Crippen LogP contribution in [0.3, 0.4) is 0 Å². The largest absolute Gasteiger partial charge is 0.384 e. The molecule has 2 aromatic rings. The number of aromatic nitrogens is 3. The number of nitrogens with two attached hydrogens (primary N) is 1. The fourth-order valence-corrected chi connectivity index (χ4v) is 3.25. The molecule has 4 nitrogen and oxygen atoms in total. The van der Waals surface area contributed by atoms with Gasteiger partial charge in [0.05, 0.1) is 18.2 Å². The van der Waals surface area contributed by atoms with E-state index in [1.807, 2.05) is 30.9 Å². The summed E-state index contributed by atoms with van der Waals surface area (Å²) < 4.78 is 2.29. The lowest BCUT2D eigenvalue weighted by molar-refractivity contribution is 0.265. The zero-order valence-electron chi connectivity index (χ0n) is 12.0. The van der Waals surface area contributed by atoms with Crippen LogP contribution in [0.4, 0.5) is 5.82 Å². The summed E-state index contributed by atoms with van der Waals surface area (Å²) in [6.07, 6.45) is 12.5. The van der Waals surface area contributed by atoms with Gasteiger partial charge in [-0.15, -0.1) is 0 Å². The SMILES string of the molecule is CC(C1CCCCC1)n1cncc1-c1ccc(N)nc1. The minimum absolute atomic E-state index is 0.491. The summed E-state index contributed by atoms with van der Waals surface area (Å²) in [5.74, 6) is 1.32. The molecule has 2 N–H and O–H groups in total. The van der Waals surface area contributed by atoms with Crippen LogP contribution in [0.5, 0.6) is 0 Å². The lowest BCUT2D eigenvalue weighted by Gasteiger charge is -2.29. The van der Waals surface area contributed by atoms with E-state index in [2.05, 4.69) is 21.5 Å². The van der Waals surface area contributed by atoms with Gasteiger partial charge in [-0.1, -0.05) is 19.3 Å². The van der Waals surface area contributed by atoms with Gasteiger partial charge in [0.15, 0.2) is 0 Å². The van der Waals surface area contributed by atoms with Crippen molar-refractivity contribution in [1.29, 1.82) is 0 Å². The first-order valence-electron chi connectivity index (χ1n) is 7.49. The second kappa shape index (κ2) is 5.65. The number of nitrogen functional groups attached to an aromatic ring is 1. The number of hydrogen-bond acceptors (Lipinski definition) is 3. The first-order chi connectivity index (χ1) is 9.75. The molecule has 1 saturated carbocycles. The summed E-state index contributed by atoms with van der Waals surface area (Å²) in [4.78, 5) is 8.53. The van der Waals surface area contributed by atoms with E-state index in [1.165, 1.54) is 32.1 Å². The van der Waals surface area contributed by atoms with E-state index in [-0.39, 0.29) is 0 Å². The van der Waals surface area contributed by atoms with Gasteiger partial charge in [0.2, 0.25) is 0 Å². The van der Waals surface area contributed by atoms with Gasteiger partial charge < -0.3 is 10.3 Å². The summed E-state index contributed by atoms with van der Waals surface area (Å²) in [5, 5.41) is 0. The molecule has 1 aliphatic rings. The molecule has 0 aromatic carbocycles. The minimum atomic E-state index is 0.491. The maximum atomic E-state index is 5.66. The number of rotatable bonds is 3. The Kier molecular flexibility index (Phi) is 3.72. The fourth-order valence-electron chi connectivity index (χ4n) is 3.25. The van der Waals surface area contributed by atoms with Crippen LogP contribution in [-0.4, -0.2) is 14.5 Å². The van der Waals surface area contributed by atoms with E-state index in [1.54, 1.807) is 0 Å². The standard InChI is InChI=1S/C16H22N4/c1-12(13-5-3-2-4-6-13)20-11-18-10-15(20)14-7-8-16(17)19-9-14/h7-13H,2-6H2,1H3,(H2,17,19). The molecule has 106 valence electrons. The summed E-state index contributed by atoms with van der Waals surface area (Å²) in [7, 11) is 0. The van der Waals surface area contributed by atoms with Gasteiger partial charge in [0.25, 0.3) is 0 Å². The first kappa shape index (κ1) is 13.2. The highest BCUT2D eigenvalue weighted by Gasteiger charge is 2.23. The molecule has 3 rings (SSSR count). The smallest absolute Gasteiger partial charge is 0.123 e. The Morgan fingerprint density at radius 1 is 1.20 bits per heavy atom. The van der Waals surface area contributed by atoms with Gasteiger partial charge in [-0.3, -0.25) is 0 Å². The third kappa shape index (κ3) is 2.55. The van der Waals surface area contributed by atoms with Crippen molar-refractivity contribution in [3.05, 3.63) is 30.9 Å². The molecule has 0 bridgehead atoms. The molecule has 4 heteroatoms. The number of nitrogens with zero attached hydrogens (tertiary/aromatic N) is 3. The van der Waals surface area contributed by atoms with Crippen molar-refractivity contribution in [2.75, 3.05) is 5.73 Å². The number of hydrogen-bond donors (Lipinski definition) is 1. The highest BCUT2D eigenvalue weighted by molar-refractivity contribution is 5.59. The van der Waals surface area contributed by atoms with Crippen molar-refractivity contribution in [2.45, 2.75) is 45.1 Å². The maximum absolute atomic E-state index is 5.66. The van der Waals surface area contributed by atoms with Crippen molar-refractivity contribution in [3.8, 4) is 11.3 Å². The zero-order valence-corrected chi connectivity index (χ0v) is 12.0. The molecule has 1 fully saturated rings. The van der Waals surface area contributed by atoms with E-state index in [4.69, 9.17) is 5.73 Å². The van der Waals surface area contributed by atoms with Crippen molar-refractivity contribution < 1.29 is 0 Å². The molecule has 2 heterocycles. The van der Waals surface area contributed by atoms with Crippen LogP contribution in [0.2, 0.25) is 0 Å². The summed E-state index contributed by atoms with van der Waals surface area (Å²) in [5.41, 5.74) is 7.88. The van der Waals surface area contributed by atoms with Crippen LogP contribution >= 0.6 is 0 Å². The van der Waals surface area contributed by atoms with Crippen LogP contribution in [-0.2, 0) is 0 Å². The van der Waals surface area contributed by atoms with E-state index < -0.39 is 0 Å². The Hall–Kier alpha value is -1.84. The molecular formula is C16H22N4. The average Bonchev–Trinajstić information content (AvgIpc) is 2.97. The van der Waals surface area contributed by atoms with Crippen LogP contribution < -0.4 is 5.73 Å². The number of pyridine rings is 1. The van der Waals surface area contributed by atoms with Crippen molar-refractivity contribution in [2.24, 2.45) is 5.92 Å². The fraction of sp³-hybridized carbons (Fsp3) is 0.500. The lowest BCUT2D eigenvalue weighted by atomic mass is 9.84. The number of imidazole rings is 1. The predicted molar refractivity (Wildman–Crippen MR) is 81.2 cm³/mol. The molecule has 1 unspecified atom stereocenters. The van der Waals surface area contributed by atoms with Gasteiger partial charge in [-0.25, -0.2) is 9.97 Å². The number of anilines is 1. The Balaban J connectivity index is 1.87. The topological polar surface area (TPSA) is 56.7 Å². The predicted octanol–water partition coefficient (Wildman–Crippen LogP) is 3.67. The molecule has 0 amide bonds. The Bertz CT molecular complexity index is 552. The van der Waals surface area contributed by atoms with Crippen LogP contribution in [0, 0.1) is 5.92 Å². The first-order valence-corrected chi connectivity index (χ1v) is 7.49. The molecule has 0 spiro atoms. The van der Waals surface area contributed by atoms with Crippen molar-refractivity contribution in [1.82, 2.24) is 14.5 Å². The maximum Gasteiger partial charge on any atom is 0.123 e. The van der Waals surface area contributed by atoms with E-state index in [9.17, 15) is 0 Å². The third-order valence-electron chi connectivity index (χ3n) is 4.52. The molecule has 0 radical (unpaired) electrons. The van der Waals surface area contributed by atoms with Crippen LogP contribution in [0.25, 0.3) is 11.3 Å². The normalized spacial score (nSPS) is 18.1. The van der Waals surface area contributed by atoms with Gasteiger partial charge in [-0.2, -0.15) is 0 Å². The van der Waals surface area contributed by atoms with Crippen molar-refractivity contribution >= 4 is 5.82 Å². The Morgan fingerprint density at radius 2 is 2.00 bits per heavy atom. The molecule has 0 aliphatic heterocycles. The van der Waals surface area contributed by atoms with E-state index >= 15 is 0 Å². The molecular weight excluding hydrogens is 248 g/mol. The van der Waals surface area contributed by atoms with Gasteiger partial charge >= 0.3 is 0 Å². The molecule has 1 aliphatic carbocycles. The molecule has 20 heavy (non-hydrogen) atoms. The van der Waals surface area contributed by atoms with Gasteiger partial charge in [0, 0.05) is 17.8 Å². The molecule has 2 aromatic heterocycles. The van der Waals surface area contributed by atoms with Crippen LogP contribution in [0.1, 0.15) is 45.1 Å². The van der Waals surface area contributed by atoms with Crippen molar-refractivity contribution in [3.63, 3.8) is 0 Å². The lowest BCUT2D eigenvalue weighted by Crippen LogP contribution is -2.19. The van der Waals surface area contributed by atoms with E-state index in [0.717, 1.165) is 17.2 Å².